The molecular weight excluding hydrogens is 388 g/mol. The van der Waals surface area contributed by atoms with E-state index in [1.165, 1.54) is 11.8 Å². The normalized spacial score (nSPS) is 15.6. The van der Waals surface area contributed by atoms with Crippen LogP contribution >= 0.6 is 11.8 Å². The summed E-state index contributed by atoms with van der Waals surface area (Å²) in [6.07, 6.45) is 0.0798. The highest BCUT2D eigenvalue weighted by atomic mass is 32.2. The predicted molar refractivity (Wildman–Crippen MR) is 113 cm³/mol. The molecule has 0 aliphatic carbocycles. The van der Waals surface area contributed by atoms with Crippen LogP contribution in [0.3, 0.4) is 0 Å². The van der Waals surface area contributed by atoms with Crippen LogP contribution in [-0.2, 0) is 16.1 Å². The van der Waals surface area contributed by atoms with Gasteiger partial charge in [-0.2, -0.15) is 0 Å². The van der Waals surface area contributed by atoms with Gasteiger partial charge in [-0.15, -0.1) is 11.8 Å². The highest BCUT2D eigenvalue weighted by molar-refractivity contribution is 8.01. The summed E-state index contributed by atoms with van der Waals surface area (Å²) in [5.74, 6) is 0.0978. The first-order chi connectivity index (χ1) is 14.0. The highest BCUT2D eigenvalue weighted by Gasteiger charge is 2.30. The van der Waals surface area contributed by atoms with Crippen LogP contribution in [0.25, 0.3) is 10.9 Å². The minimum atomic E-state index is -0.491. The number of rotatable bonds is 5. The second-order valence-electron chi connectivity index (χ2n) is 6.73. The van der Waals surface area contributed by atoms with Gasteiger partial charge in [-0.3, -0.25) is 14.4 Å². The van der Waals surface area contributed by atoms with E-state index in [1.54, 1.807) is 23.1 Å². The topological polar surface area (TPSA) is 95.2 Å². The molecule has 0 spiro atoms. The van der Waals surface area contributed by atoms with Crippen LogP contribution in [0.15, 0.2) is 58.2 Å². The quantitative estimate of drug-likeness (QED) is 0.677. The van der Waals surface area contributed by atoms with Crippen molar-refractivity contribution in [1.82, 2.24) is 14.9 Å². The lowest BCUT2D eigenvalue weighted by Gasteiger charge is -2.26. The monoisotopic (exact) mass is 408 g/mol. The number of hydrogen-bond donors (Lipinski definition) is 2. The van der Waals surface area contributed by atoms with E-state index in [9.17, 15) is 14.4 Å². The maximum atomic E-state index is 12.9. The Morgan fingerprint density at radius 1 is 1.14 bits per heavy atom. The van der Waals surface area contributed by atoms with Gasteiger partial charge in [-0.25, -0.2) is 4.98 Å². The van der Waals surface area contributed by atoms with Crippen molar-refractivity contribution in [2.24, 2.45) is 0 Å². The second-order valence-corrected chi connectivity index (χ2v) is 7.98. The third kappa shape index (κ3) is 4.02. The third-order valence-electron chi connectivity index (χ3n) is 4.80. The Kier molecular flexibility index (Phi) is 5.35. The highest BCUT2D eigenvalue weighted by Crippen LogP contribution is 2.36. The summed E-state index contributed by atoms with van der Waals surface area (Å²) in [6.45, 7) is 2.50. The van der Waals surface area contributed by atoms with E-state index in [0.717, 1.165) is 10.6 Å². The number of anilines is 1. The number of carbonyl (C=O) groups is 2. The van der Waals surface area contributed by atoms with Crippen LogP contribution in [0.4, 0.5) is 5.69 Å². The number of thioether (sulfide) groups is 1. The average molecular weight is 408 g/mol. The molecule has 2 N–H and O–H groups in total. The third-order valence-corrected chi connectivity index (χ3v) is 6.08. The number of para-hydroxylation sites is 2. The number of fused-ring (bicyclic) bond motifs is 2. The van der Waals surface area contributed by atoms with Gasteiger partial charge in [0.15, 0.2) is 0 Å². The Morgan fingerprint density at radius 2 is 1.90 bits per heavy atom. The van der Waals surface area contributed by atoms with E-state index in [-0.39, 0.29) is 30.3 Å². The standard InChI is InChI=1S/C21H20N4O3S/c1-2-25(12-18-22-14-8-4-3-7-13(14)20(27)24-18)19(26)11-17-21(28)23-15-9-5-6-10-16(15)29-17/h3-10,17H,2,11-12H2,1H3,(H,23,28)(H,22,24,27)/t17-/m0/s1. The summed E-state index contributed by atoms with van der Waals surface area (Å²) in [6, 6.07) is 14.6. The predicted octanol–water partition coefficient (Wildman–Crippen LogP) is 2.77. The van der Waals surface area contributed by atoms with Crippen LogP contribution in [0.1, 0.15) is 19.2 Å². The maximum absolute atomic E-state index is 12.9. The molecule has 4 rings (SSSR count). The Balaban J connectivity index is 1.49. The number of amides is 2. The van der Waals surface area contributed by atoms with Gasteiger partial charge in [0.1, 0.15) is 5.82 Å². The zero-order valence-corrected chi connectivity index (χ0v) is 16.7. The van der Waals surface area contributed by atoms with Gasteiger partial charge in [0.2, 0.25) is 11.8 Å². The Morgan fingerprint density at radius 3 is 2.72 bits per heavy atom. The van der Waals surface area contributed by atoms with E-state index in [0.29, 0.717) is 23.3 Å². The Hall–Kier alpha value is -3.13. The number of nitrogens with one attached hydrogen (secondary N) is 2. The van der Waals surface area contributed by atoms with Gasteiger partial charge < -0.3 is 15.2 Å². The largest absolute Gasteiger partial charge is 0.335 e. The molecule has 148 valence electrons. The number of hydrogen-bond acceptors (Lipinski definition) is 5. The Bertz CT molecular complexity index is 1140. The van der Waals surface area contributed by atoms with Crippen molar-refractivity contribution in [2.75, 3.05) is 11.9 Å². The summed E-state index contributed by atoms with van der Waals surface area (Å²) in [4.78, 5) is 47.3. The van der Waals surface area contributed by atoms with Crippen molar-refractivity contribution in [1.29, 1.82) is 0 Å². The molecule has 29 heavy (non-hydrogen) atoms. The molecule has 0 bridgehead atoms. The molecule has 2 amide bonds. The summed E-state index contributed by atoms with van der Waals surface area (Å²) >= 11 is 1.40. The molecule has 1 atom stereocenters. The summed E-state index contributed by atoms with van der Waals surface area (Å²) < 4.78 is 0. The minimum absolute atomic E-state index is 0.0798. The fourth-order valence-corrected chi connectivity index (χ4v) is 4.38. The number of H-pyrrole nitrogens is 1. The molecule has 1 aliphatic heterocycles. The van der Waals surface area contributed by atoms with Crippen molar-refractivity contribution >= 4 is 40.2 Å². The van der Waals surface area contributed by atoms with Gasteiger partial charge in [0, 0.05) is 17.9 Å². The van der Waals surface area contributed by atoms with Crippen LogP contribution in [0.2, 0.25) is 0 Å². The maximum Gasteiger partial charge on any atom is 0.258 e. The smallest absolute Gasteiger partial charge is 0.258 e. The SMILES string of the molecule is CCN(Cc1nc2ccccc2c(=O)[nH]1)C(=O)C[C@@H]1Sc2ccccc2NC1=O. The number of carbonyl (C=O) groups excluding carboxylic acids is 2. The molecule has 8 heteroatoms. The van der Waals surface area contributed by atoms with Crippen molar-refractivity contribution in [3.63, 3.8) is 0 Å². The summed E-state index contributed by atoms with van der Waals surface area (Å²) in [7, 11) is 0. The van der Waals surface area contributed by atoms with Crippen molar-refractivity contribution in [3.05, 3.63) is 64.7 Å². The van der Waals surface area contributed by atoms with E-state index in [1.807, 2.05) is 37.3 Å². The van der Waals surface area contributed by atoms with E-state index >= 15 is 0 Å². The van der Waals surface area contributed by atoms with Gasteiger partial charge >= 0.3 is 0 Å². The fraction of sp³-hybridized carbons (Fsp3) is 0.238. The van der Waals surface area contributed by atoms with E-state index in [4.69, 9.17) is 0 Å². The first-order valence-corrected chi connectivity index (χ1v) is 10.3. The lowest BCUT2D eigenvalue weighted by Crippen LogP contribution is -2.37. The molecule has 0 unspecified atom stereocenters. The number of aromatic amines is 1. The van der Waals surface area contributed by atoms with Crippen LogP contribution < -0.4 is 10.9 Å². The first-order valence-electron chi connectivity index (χ1n) is 9.37. The minimum Gasteiger partial charge on any atom is -0.335 e. The molecule has 0 fully saturated rings. The summed E-state index contributed by atoms with van der Waals surface area (Å²) in [5.41, 5.74) is 1.14. The molecule has 7 nitrogen and oxygen atoms in total. The Labute approximate surface area is 171 Å². The van der Waals surface area contributed by atoms with E-state index in [2.05, 4.69) is 15.3 Å². The van der Waals surface area contributed by atoms with Gasteiger partial charge in [-0.1, -0.05) is 24.3 Å². The van der Waals surface area contributed by atoms with Crippen LogP contribution in [0, 0.1) is 0 Å². The number of benzene rings is 2. The molecule has 2 aromatic carbocycles. The lowest BCUT2D eigenvalue weighted by molar-refractivity contribution is -0.133. The number of aromatic nitrogens is 2. The molecule has 0 saturated heterocycles. The molecule has 3 aromatic rings. The van der Waals surface area contributed by atoms with Gasteiger partial charge in [0.25, 0.3) is 5.56 Å². The van der Waals surface area contributed by atoms with E-state index < -0.39 is 5.25 Å². The first kappa shape index (κ1) is 19.2. The van der Waals surface area contributed by atoms with Crippen molar-refractivity contribution in [2.45, 2.75) is 30.0 Å². The molecule has 2 heterocycles. The fourth-order valence-electron chi connectivity index (χ4n) is 3.28. The van der Waals surface area contributed by atoms with Gasteiger partial charge in [0.05, 0.1) is 28.4 Å². The lowest BCUT2D eigenvalue weighted by atomic mass is 10.2. The molecule has 0 saturated carbocycles. The molecule has 1 aliphatic rings. The number of nitrogens with zero attached hydrogens (tertiary/aromatic N) is 2. The summed E-state index contributed by atoms with van der Waals surface area (Å²) in [5, 5.41) is 2.88. The molecule has 0 radical (unpaired) electrons. The van der Waals surface area contributed by atoms with Gasteiger partial charge in [-0.05, 0) is 31.2 Å². The average Bonchev–Trinajstić information content (AvgIpc) is 2.72. The van der Waals surface area contributed by atoms with Crippen LogP contribution in [-0.4, -0.2) is 38.5 Å². The molecular formula is C21H20N4O3S. The van der Waals surface area contributed by atoms with Crippen molar-refractivity contribution in [3.8, 4) is 0 Å². The molecule has 1 aromatic heterocycles. The zero-order chi connectivity index (χ0) is 20.4. The zero-order valence-electron chi connectivity index (χ0n) is 15.8. The van der Waals surface area contributed by atoms with Crippen LogP contribution in [0.5, 0.6) is 0 Å². The van der Waals surface area contributed by atoms with Crippen molar-refractivity contribution < 1.29 is 9.59 Å². The second kappa shape index (κ2) is 8.08.